The first-order valence-electron chi connectivity index (χ1n) is 5.57. The molecule has 0 saturated carbocycles. The minimum atomic E-state index is -0.843. The maximum Gasteiger partial charge on any atom is 0.323 e. The standard InChI is InChI=1S/C10H14N4O3/c1-6-4-2-3-5-13-8(6)9(14(16)17)7(12-13)10(11)15/h6H,2-5H2,1H3,(H2,11,15). The van der Waals surface area contributed by atoms with Gasteiger partial charge in [0.15, 0.2) is 0 Å². The van der Waals surface area contributed by atoms with Gasteiger partial charge in [-0.3, -0.25) is 19.6 Å². The molecule has 1 unspecified atom stereocenters. The van der Waals surface area contributed by atoms with Gasteiger partial charge in [0, 0.05) is 12.5 Å². The maximum absolute atomic E-state index is 11.2. The van der Waals surface area contributed by atoms with Crippen molar-refractivity contribution in [3.8, 4) is 0 Å². The Hall–Kier alpha value is -1.92. The summed E-state index contributed by atoms with van der Waals surface area (Å²) in [4.78, 5) is 21.7. The number of hydrogen-bond donors (Lipinski definition) is 1. The molecule has 0 saturated heterocycles. The van der Waals surface area contributed by atoms with Gasteiger partial charge in [-0.1, -0.05) is 13.3 Å². The van der Waals surface area contributed by atoms with Gasteiger partial charge in [0.2, 0.25) is 5.69 Å². The van der Waals surface area contributed by atoms with E-state index < -0.39 is 10.8 Å². The lowest BCUT2D eigenvalue weighted by molar-refractivity contribution is -0.386. The monoisotopic (exact) mass is 238 g/mol. The Bertz CT molecular complexity index is 480. The Balaban J connectivity index is 2.64. The average molecular weight is 238 g/mol. The molecular weight excluding hydrogens is 224 g/mol. The summed E-state index contributed by atoms with van der Waals surface area (Å²) in [5.41, 5.74) is 5.22. The Morgan fingerprint density at radius 3 is 2.88 bits per heavy atom. The van der Waals surface area contributed by atoms with E-state index in [4.69, 9.17) is 5.73 Å². The summed E-state index contributed by atoms with van der Waals surface area (Å²) in [6.45, 7) is 2.52. The first kappa shape index (κ1) is 11.6. The number of nitro groups is 1. The molecular formula is C10H14N4O3. The fraction of sp³-hybridized carbons (Fsp3) is 0.600. The van der Waals surface area contributed by atoms with Gasteiger partial charge in [-0.05, 0) is 12.8 Å². The summed E-state index contributed by atoms with van der Waals surface area (Å²) in [5, 5.41) is 15.0. The molecule has 0 bridgehead atoms. The van der Waals surface area contributed by atoms with Gasteiger partial charge >= 0.3 is 5.69 Å². The lowest BCUT2D eigenvalue weighted by atomic mass is 10.0. The number of carbonyl (C=O) groups excluding carboxylic acids is 1. The van der Waals surface area contributed by atoms with Crippen LogP contribution >= 0.6 is 0 Å². The summed E-state index contributed by atoms with van der Waals surface area (Å²) in [6, 6.07) is 0. The predicted octanol–water partition coefficient (Wildman–Crippen LogP) is 1.18. The van der Waals surface area contributed by atoms with Crippen LogP contribution in [0.5, 0.6) is 0 Å². The minimum absolute atomic E-state index is 0.0264. The molecule has 0 spiro atoms. The smallest absolute Gasteiger partial charge is 0.323 e. The number of nitrogens with zero attached hydrogens (tertiary/aromatic N) is 3. The van der Waals surface area contributed by atoms with Crippen LogP contribution in [0.4, 0.5) is 5.69 Å². The van der Waals surface area contributed by atoms with Crippen LogP contribution in [0.25, 0.3) is 0 Å². The summed E-state index contributed by atoms with van der Waals surface area (Å²) < 4.78 is 1.57. The highest BCUT2D eigenvalue weighted by Crippen LogP contribution is 2.34. The zero-order valence-corrected chi connectivity index (χ0v) is 9.55. The van der Waals surface area contributed by atoms with Crippen molar-refractivity contribution in [2.75, 3.05) is 0 Å². The number of primary amides is 1. The molecule has 0 aromatic carbocycles. The van der Waals surface area contributed by atoms with Crippen LogP contribution in [0.1, 0.15) is 48.3 Å². The highest BCUT2D eigenvalue weighted by molar-refractivity contribution is 5.95. The quantitative estimate of drug-likeness (QED) is 0.616. The SMILES string of the molecule is CC1CCCCn2nc(C(N)=O)c([N+](=O)[O-])c21. The number of aromatic nitrogens is 2. The molecule has 1 atom stereocenters. The summed E-state index contributed by atoms with van der Waals surface area (Å²) in [6.07, 6.45) is 2.78. The van der Waals surface area contributed by atoms with Crippen molar-refractivity contribution >= 4 is 11.6 Å². The first-order chi connectivity index (χ1) is 8.02. The summed E-state index contributed by atoms with van der Waals surface area (Å²) in [5.74, 6) is -0.817. The molecule has 1 aromatic heterocycles. The highest BCUT2D eigenvalue weighted by atomic mass is 16.6. The number of carbonyl (C=O) groups is 1. The van der Waals surface area contributed by atoms with Crippen molar-refractivity contribution in [1.82, 2.24) is 9.78 Å². The van der Waals surface area contributed by atoms with Gasteiger partial charge in [0.05, 0.1) is 4.92 Å². The lowest BCUT2D eigenvalue weighted by Crippen LogP contribution is -2.14. The van der Waals surface area contributed by atoms with E-state index in [-0.39, 0.29) is 17.3 Å². The Morgan fingerprint density at radius 1 is 1.59 bits per heavy atom. The molecule has 2 heterocycles. The van der Waals surface area contributed by atoms with Crippen molar-refractivity contribution < 1.29 is 9.72 Å². The van der Waals surface area contributed by atoms with Gasteiger partial charge in [-0.15, -0.1) is 0 Å². The third-order valence-electron chi connectivity index (χ3n) is 3.11. The van der Waals surface area contributed by atoms with Crippen LogP contribution in [0.2, 0.25) is 0 Å². The normalized spacial score (nSPS) is 19.5. The number of nitrogens with two attached hydrogens (primary N) is 1. The fourth-order valence-corrected chi connectivity index (χ4v) is 2.32. The zero-order chi connectivity index (χ0) is 12.6. The van der Waals surface area contributed by atoms with E-state index in [0.717, 1.165) is 19.3 Å². The van der Waals surface area contributed by atoms with E-state index in [1.807, 2.05) is 6.92 Å². The van der Waals surface area contributed by atoms with Gasteiger partial charge in [-0.2, -0.15) is 5.10 Å². The average Bonchev–Trinajstić information content (AvgIpc) is 2.55. The molecule has 1 aliphatic rings. The van der Waals surface area contributed by atoms with E-state index >= 15 is 0 Å². The molecule has 0 radical (unpaired) electrons. The molecule has 2 N–H and O–H groups in total. The van der Waals surface area contributed by atoms with Gasteiger partial charge in [0.25, 0.3) is 5.91 Å². The van der Waals surface area contributed by atoms with Crippen molar-refractivity contribution in [2.24, 2.45) is 5.73 Å². The van der Waals surface area contributed by atoms with Crippen molar-refractivity contribution in [3.63, 3.8) is 0 Å². The Labute approximate surface area is 97.7 Å². The molecule has 0 aliphatic carbocycles. The molecule has 1 aliphatic heterocycles. The second kappa shape index (κ2) is 4.15. The molecule has 1 amide bonds. The van der Waals surface area contributed by atoms with E-state index in [9.17, 15) is 14.9 Å². The Morgan fingerprint density at radius 2 is 2.29 bits per heavy atom. The third-order valence-corrected chi connectivity index (χ3v) is 3.11. The van der Waals surface area contributed by atoms with Gasteiger partial charge in [-0.25, -0.2) is 0 Å². The number of aryl methyl sites for hydroxylation is 1. The van der Waals surface area contributed by atoms with E-state index in [1.165, 1.54) is 0 Å². The Kier molecular flexibility index (Phi) is 2.83. The van der Waals surface area contributed by atoms with Crippen molar-refractivity contribution in [2.45, 2.75) is 38.6 Å². The topological polar surface area (TPSA) is 104 Å². The molecule has 2 rings (SSSR count). The minimum Gasteiger partial charge on any atom is -0.364 e. The number of amides is 1. The van der Waals surface area contributed by atoms with E-state index in [0.29, 0.717) is 12.2 Å². The second-order valence-corrected chi connectivity index (χ2v) is 4.32. The third kappa shape index (κ3) is 1.88. The fourth-order valence-electron chi connectivity index (χ4n) is 2.32. The highest BCUT2D eigenvalue weighted by Gasteiger charge is 2.34. The molecule has 0 fully saturated rings. The predicted molar refractivity (Wildman–Crippen MR) is 59.7 cm³/mol. The van der Waals surface area contributed by atoms with Crippen LogP contribution in [0.3, 0.4) is 0 Å². The molecule has 7 nitrogen and oxygen atoms in total. The van der Waals surface area contributed by atoms with E-state index in [1.54, 1.807) is 4.68 Å². The van der Waals surface area contributed by atoms with Gasteiger partial charge in [0.1, 0.15) is 5.69 Å². The maximum atomic E-state index is 11.2. The number of fused-ring (bicyclic) bond motifs is 1. The van der Waals surface area contributed by atoms with Crippen LogP contribution in [-0.4, -0.2) is 20.6 Å². The van der Waals surface area contributed by atoms with Gasteiger partial charge < -0.3 is 5.73 Å². The number of rotatable bonds is 2. The second-order valence-electron chi connectivity index (χ2n) is 4.32. The number of hydrogen-bond acceptors (Lipinski definition) is 4. The van der Waals surface area contributed by atoms with Crippen LogP contribution in [0.15, 0.2) is 0 Å². The molecule has 7 heteroatoms. The largest absolute Gasteiger partial charge is 0.364 e. The zero-order valence-electron chi connectivity index (χ0n) is 9.55. The molecule has 1 aromatic rings. The summed E-state index contributed by atoms with van der Waals surface area (Å²) in [7, 11) is 0. The summed E-state index contributed by atoms with van der Waals surface area (Å²) >= 11 is 0. The lowest BCUT2D eigenvalue weighted by Gasteiger charge is -2.07. The molecule has 17 heavy (non-hydrogen) atoms. The van der Waals surface area contributed by atoms with Crippen LogP contribution in [-0.2, 0) is 6.54 Å². The molecule has 92 valence electrons. The van der Waals surface area contributed by atoms with Crippen LogP contribution < -0.4 is 5.73 Å². The van der Waals surface area contributed by atoms with Crippen molar-refractivity contribution in [1.29, 1.82) is 0 Å². The van der Waals surface area contributed by atoms with Crippen molar-refractivity contribution in [3.05, 3.63) is 21.5 Å². The first-order valence-corrected chi connectivity index (χ1v) is 5.57. The van der Waals surface area contributed by atoms with Crippen LogP contribution in [0, 0.1) is 10.1 Å². The van der Waals surface area contributed by atoms with E-state index in [2.05, 4.69) is 5.10 Å².